The Morgan fingerprint density at radius 2 is 1.93 bits per heavy atom. The van der Waals surface area contributed by atoms with Gasteiger partial charge in [-0.1, -0.05) is 11.8 Å². The Morgan fingerprint density at radius 3 is 2.57 bits per heavy atom. The lowest BCUT2D eigenvalue weighted by atomic mass is 10.3. The van der Waals surface area contributed by atoms with Gasteiger partial charge in [-0.25, -0.2) is 15.0 Å². The summed E-state index contributed by atoms with van der Waals surface area (Å²) in [6.45, 7) is 0. The summed E-state index contributed by atoms with van der Waals surface area (Å²) in [7, 11) is 0. The van der Waals surface area contributed by atoms with Crippen molar-refractivity contribution in [3.8, 4) is 0 Å². The van der Waals surface area contributed by atoms with Crippen molar-refractivity contribution in [3.05, 3.63) is 0 Å². The predicted molar refractivity (Wildman–Crippen MR) is 64.7 cm³/mol. The fraction of sp³-hybridized carbons (Fsp3) is 0.429. The van der Waals surface area contributed by atoms with Gasteiger partial charge in [-0.2, -0.15) is 4.99 Å². The highest BCUT2D eigenvalue weighted by Crippen LogP contribution is 2.21. The molecule has 74 valence electrons. The van der Waals surface area contributed by atoms with Crippen LogP contribution >= 0.6 is 23.5 Å². The molecule has 0 saturated carbocycles. The van der Waals surface area contributed by atoms with E-state index in [1.54, 1.807) is 0 Å². The van der Waals surface area contributed by atoms with Crippen LogP contribution in [0.1, 0.15) is 0 Å². The van der Waals surface area contributed by atoms with E-state index in [-0.39, 0.29) is 12.0 Å². The fourth-order valence-corrected chi connectivity index (χ4v) is 2.14. The second-order valence-electron chi connectivity index (χ2n) is 2.61. The number of hydrogen-bond donors (Lipinski definition) is 1. The highest BCUT2D eigenvalue weighted by Gasteiger charge is 2.30. The molecule has 2 heterocycles. The third-order valence-corrected chi connectivity index (χ3v) is 3.07. The Labute approximate surface area is 90.1 Å². The molecule has 14 heavy (non-hydrogen) atoms. The minimum absolute atomic E-state index is 0.125. The van der Waals surface area contributed by atoms with Crippen molar-refractivity contribution in [1.29, 1.82) is 0 Å². The fourth-order valence-electron chi connectivity index (χ4n) is 1.18. The van der Waals surface area contributed by atoms with Crippen LogP contribution in [0.3, 0.4) is 0 Å². The maximum Gasteiger partial charge on any atom is 0.222 e. The summed E-state index contributed by atoms with van der Waals surface area (Å²) >= 11 is 3.03. The Morgan fingerprint density at radius 1 is 1.14 bits per heavy atom. The van der Waals surface area contributed by atoms with Crippen LogP contribution in [0.4, 0.5) is 0 Å². The summed E-state index contributed by atoms with van der Waals surface area (Å²) < 4.78 is 0. The quantitative estimate of drug-likeness (QED) is 0.657. The molecule has 2 N–H and O–H groups in total. The highest BCUT2D eigenvalue weighted by atomic mass is 32.2. The van der Waals surface area contributed by atoms with Crippen molar-refractivity contribution in [3.63, 3.8) is 0 Å². The first-order valence-corrected chi connectivity index (χ1v) is 6.36. The van der Waals surface area contributed by atoms with Gasteiger partial charge in [0.15, 0.2) is 17.0 Å². The molecule has 0 amide bonds. The third-order valence-electron chi connectivity index (χ3n) is 1.77. The molecular formula is C7H9N5S2. The summed E-state index contributed by atoms with van der Waals surface area (Å²) in [5.41, 5.74) is 5.55. The minimum Gasteiger partial charge on any atom is -0.368 e. The van der Waals surface area contributed by atoms with Crippen LogP contribution in [0, 0.1) is 0 Å². The van der Waals surface area contributed by atoms with Gasteiger partial charge in [-0.05, 0) is 12.5 Å². The van der Waals surface area contributed by atoms with E-state index in [9.17, 15) is 0 Å². The van der Waals surface area contributed by atoms with E-state index in [1.165, 1.54) is 23.5 Å². The number of fused-ring (bicyclic) bond motifs is 1. The standard InChI is InChI=1S/C7H9N5S2/c1-13-5-3-4(10-6(8)12-5)11-7(9-3)14-2/h3H,1-2H3,(H2,8,9,10,11). The average Bonchev–Trinajstić information content (AvgIpc) is 2.59. The second-order valence-corrected chi connectivity index (χ2v) is 4.21. The molecule has 0 aromatic heterocycles. The molecule has 2 aliphatic rings. The molecule has 0 aromatic rings. The number of guanidine groups is 1. The molecule has 7 heteroatoms. The Balaban J connectivity index is 2.37. The topological polar surface area (TPSA) is 75.5 Å². The predicted octanol–water partition coefficient (Wildman–Crippen LogP) is 0.576. The molecule has 2 aliphatic heterocycles. The maximum absolute atomic E-state index is 5.55. The molecule has 0 fully saturated rings. The van der Waals surface area contributed by atoms with Crippen LogP contribution in [-0.4, -0.2) is 40.6 Å². The van der Waals surface area contributed by atoms with Crippen molar-refractivity contribution < 1.29 is 0 Å². The minimum atomic E-state index is -0.125. The van der Waals surface area contributed by atoms with Gasteiger partial charge >= 0.3 is 0 Å². The smallest absolute Gasteiger partial charge is 0.222 e. The first kappa shape index (κ1) is 9.72. The van der Waals surface area contributed by atoms with Crippen molar-refractivity contribution >= 4 is 45.5 Å². The first-order chi connectivity index (χ1) is 6.74. The first-order valence-electron chi connectivity index (χ1n) is 3.91. The summed E-state index contributed by atoms with van der Waals surface area (Å²) in [5, 5.41) is 1.60. The normalized spacial score (nSPS) is 24.9. The second kappa shape index (κ2) is 3.74. The average molecular weight is 227 g/mol. The third kappa shape index (κ3) is 1.57. The molecule has 0 aliphatic carbocycles. The number of hydrogen-bond acceptors (Lipinski definition) is 7. The lowest BCUT2D eigenvalue weighted by molar-refractivity contribution is 1.15. The van der Waals surface area contributed by atoms with Crippen molar-refractivity contribution in [2.24, 2.45) is 25.7 Å². The molecule has 0 spiro atoms. The van der Waals surface area contributed by atoms with Gasteiger partial charge in [0, 0.05) is 0 Å². The van der Waals surface area contributed by atoms with E-state index in [1.807, 2.05) is 12.5 Å². The van der Waals surface area contributed by atoms with Crippen LogP contribution in [0.15, 0.2) is 20.0 Å². The van der Waals surface area contributed by atoms with Crippen molar-refractivity contribution in [1.82, 2.24) is 0 Å². The maximum atomic E-state index is 5.55. The molecule has 1 atom stereocenters. The molecule has 0 radical (unpaired) electrons. The highest BCUT2D eigenvalue weighted by molar-refractivity contribution is 8.14. The molecule has 0 saturated heterocycles. The monoisotopic (exact) mass is 227 g/mol. The van der Waals surface area contributed by atoms with Gasteiger partial charge < -0.3 is 5.73 Å². The zero-order valence-corrected chi connectivity index (χ0v) is 9.39. The van der Waals surface area contributed by atoms with Gasteiger partial charge in [0.05, 0.1) is 0 Å². The Bertz CT molecular complexity index is 382. The van der Waals surface area contributed by atoms with Crippen LogP contribution in [-0.2, 0) is 0 Å². The Hall–Kier alpha value is -0.820. The summed E-state index contributed by atoms with van der Waals surface area (Å²) in [6, 6.07) is -0.125. The van der Waals surface area contributed by atoms with Gasteiger partial charge in [0.25, 0.3) is 0 Å². The van der Waals surface area contributed by atoms with Gasteiger partial charge in [-0.3, -0.25) is 0 Å². The lowest BCUT2D eigenvalue weighted by Crippen LogP contribution is -2.31. The van der Waals surface area contributed by atoms with Crippen LogP contribution in [0.5, 0.6) is 0 Å². The zero-order chi connectivity index (χ0) is 10.1. The SMILES string of the molecule is CSC1=NC2C(=N1)N=C(N)N=C2SC. The summed E-state index contributed by atoms with van der Waals surface area (Å²) in [4.78, 5) is 16.8. The van der Waals surface area contributed by atoms with Gasteiger partial charge in [-0.15, -0.1) is 11.8 Å². The van der Waals surface area contributed by atoms with Crippen LogP contribution < -0.4 is 5.73 Å². The molecular weight excluding hydrogens is 218 g/mol. The van der Waals surface area contributed by atoms with Gasteiger partial charge in [0.1, 0.15) is 5.04 Å². The number of amidine groups is 2. The van der Waals surface area contributed by atoms with E-state index in [4.69, 9.17) is 5.73 Å². The van der Waals surface area contributed by atoms with E-state index in [0.717, 1.165) is 10.2 Å². The van der Waals surface area contributed by atoms with Crippen molar-refractivity contribution in [2.75, 3.05) is 12.5 Å². The number of rotatable bonds is 0. The largest absolute Gasteiger partial charge is 0.368 e. The van der Waals surface area contributed by atoms with Crippen LogP contribution in [0.25, 0.3) is 0 Å². The van der Waals surface area contributed by atoms with E-state index in [0.29, 0.717) is 5.84 Å². The van der Waals surface area contributed by atoms with Gasteiger partial charge in [0.2, 0.25) is 5.96 Å². The molecule has 0 aromatic carbocycles. The molecule has 0 bridgehead atoms. The lowest BCUT2D eigenvalue weighted by Gasteiger charge is -2.12. The zero-order valence-electron chi connectivity index (χ0n) is 7.76. The number of aliphatic imine (C=N–C) groups is 4. The van der Waals surface area contributed by atoms with E-state index in [2.05, 4.69) is 20.0 Å². The van der Waals surface area contributed by atoms with Crippen molar-refractivity contribution in [2.45, 2.75) is 6.04 Å². The molecule has 1 unspecified atom stereocenters. The Kier molecular flexibility index (Phi) is 2.60. The number of nitrogens with two attached hydrogens (primary N) is 1. The number of nitrogens with zero attached hydrogens (tertiary/aromatic N) is 4. The van der Waals surface area contributed by atoms with Crippen LogP contribution in [0.2, 0.25) is 0 Å². The van der Waals surface area contributed by atoms with E-state index < -0.39 is 0 Å². The molecule has 5 nitrogen and oxygen atoms in total. The number of thioether (sulfide) groups is 2. The summed E-state index contributed by atoms with van der Waals surface area (Å²) in [5.74, 6) is 0.924. The summed E-state index contributed by atoms with van der Waals surface area (Å²) in [6.07, 6.45) is 3.88. The molecule has 2 rings (SSSR count). The van der Waals surface area contributed by atoms with E-state index >= 15 is 0 Å².